The minimum atomic E-state index is -0.641. The van der Waals surface area contributed by atoms with Crippen LogP contribution >= 0.6 is 15.9 Å². The molecule has 0 aliphatic carbocycles. The third kappa shape index (κ3) is 3.35. The Morgan fingerprint density at radius 1 is 1.08 bits per heavy atom. The Kier molecular flexibility index (Phi) is 4.71. The van der Waals surface area contributed by atoms with Crippen LogP contribution < -0.4 is 0 Å². The van der Waals surface area contributed by atoms with Crippen molar-refractivity contribution in [1.82, 2.24) is 25.1 Å². The molecule has 122 valence electrons. The van der Waals surface area contributed by atoms with E-state index in [0.29, 0.717) is 5.82 Å². The van der Waals surface area contributed by atoms with Crippen molar-refractivity contribution in [3.8, 4) is 11.4 Å². The van der Waals surface area contributed by atoms with E-state index < -0.39 is 6.04 Å². The van der Waals surface area contributed by atoms with E-state index in [1.807, 2.05) is 54.6 Å². The van der Waals surface area contributed by atoms with Gasteiger partial charge in [0, 0.05) is 24.1 Å². The number of nitrogens with zero attached hydrogens (tertiary/aromatic N) is 5. The number of hydrogen-bond donors (Lipinski definition) is 0. The number of likely N-dealkylation sites (N-methyl/N-ethyl adjacent to an activating group) is 1. The van der Waals surface area contributed by atoms with Gasteiger partial charge in [0.1, 0.15) is 0 Å². The number of tetrazole rings is 1. The molecule has 24 heavy (non-hydrogen) atoms. The van der Waals surface area contributed by atoms with Crippen LogP contribution in [-0.2, 0) is 4.79 Å². The van der Waals surface area contributed by atoms with Crippen LogP contribution in [0, 0.1) is 0 Å². The highest BCUT2D eigenvalue weighted by molar-refractivity contribution is 9.10. The lowest BCUT2D eigenvalue weighted by Gasteiger charge is -2.19. The van der Waals surface area contributed by atoms with Gasteiger partial charge in [0.05, 0.1) is 0 Å². The summed E-state index contributed by atoms with van der Waals surface area (Å²) in [4.78, 5) is 15.5. The molecule has 0 N–H and O–H groups in total. The van der Waals surface area contributed by atoms with Crippen LogP contribution in [0.5, 0.6) is 0 Å². The Labute approximate surface area is 148 Å². The van der Waals surface area contributed by atoms with Crippen LogP contribution in [0.25, 0.3) is 11.4 Å². The second kappa shape index (κ2) is 6.92. The Bertz CT molecular complexity index is 830. The Hall–Kier alpha value is -2.54. The Balaban J connectivity index is 2.00. The summed E-state index contributed by atoms with van der Waals surface area (Å²) < 4.78 is 0.976. The lowest BCUT2D eigenvalue weighted by molar-refractivity contribution is -0.131. The van der Waals surface area contributed by atoms with Gasteiger partial charge >= 0.3 is 0 Å². The number of rotatable bonds is 4. The summed E-state index contributed by atoms with van der Waals surface area (Å²) in [5.41, 5.74) is 1.66. The summed E-state index contributed by atoms with van der Waals surface area (Å²) in [6.45, 7) is 0. The number of carbonyl (C=O) groups is 1. The van der Waals surface area contributed by atoms with Crippen molar-refractivity contribution in [2.24, 2.45) is 0 Å². The predicted molar refractivity (Wildman–Crippen MR) is 94.2 cm³/mol. The van der Waals surface area contributed by atoms with E-state index >= 15 is 0 Å². The first-order valence-electron chi connectivity index (χ1n) is 7.38. The van der Waals surface area contributed by atoms with E-state index in [0.717, 1.165) is 15.6 Å². The monoisotopic (exact) mass is 385 g/mol. The van der Waals surface area contributed by atoms with Gasteiger partial charge in [-0.25, -0.2) is 0 Å². The molecule has 0 aliphatic rings. The normalized spacial score (nSPS) is 12.0. The number of halogens is 1. The number of benzene rings is 2. The van der Waals surface area contributed by atoms with E-state index in [1.165, 1.54) is 9.70 Å². The maximum absolute atomic E-state index is 12.6. The van der Waals surface area contributed by atoms with Crippen molar-refractivity contribution >= 4 is 21.8 Å². The minimum absolute atomic E-state index is 0.110. The fourth-order valence-corrected chi connectivity index (χ4v) is 2.57. The smallest absolute Gasteiger partial charge is 0.253 e. The van der Waals surface area contributed by atoms with Crippen LogP contribution in [-0.4, -0.2) is 45.1 Å². The summed E-state index contributed by atoms with van der Waals surface area (Å²) in [5.74, 6) is 0.371. The predicted octanol–water partition coefficient (Wildman–Crippen LogP) is 2.78. The van der Waals surface area contributed by atoms with Gasteiger partial charge in [-0.2, -0.15) is 0 Å². The Morgan fingerprint density at radius 3 is 2.38 bits per heavy atom. The largest absolute Gasteiger partial charge is 0.347 e. The van der Waals surface area contributed by atoms with E-state index in [9.17, 15) is 4.79 Å². The molecule has 0 saturated heterocycles. The van der Waals surface area contributed by atoms with Crippen LogP contribution in [0.3, 0.4) is 0 Å². The topological polar surface area (TPSA) is 63.9 Å². The van der Waals surface area contributed by atoms with Gasteiger partial charge in [-0.3, -0.25) is 4.79 Å². The number of amides is 1. The molecule has 0 spiro atoms. The number of aromatic nitrogens is 4. The van der Waals surface area contributed by atoms with E-state index in [4.69, 9.17) is 0 Å². The van der Waals surface area contributed by atoms with Crippen molar-refractivity contribution in [1.29, 1.82) is 0 Å². The fourth-order valence-electron chi connectivity index (χ4n) is 2.30. The van der Waals surface area contributed by atoms with Gasteiger partial charge in [0.15, 0.2) is 6.04 Å². The quantitative estimate of drug-likeness (QED) is 0.692. The zero-order chi connectivity index (χ0) is 17.1. The van der Waals surface area contributed by atoms with Crippen LogP contribution in [0.15, 0.2) is 59.1 Å². The highest BCUT2D eigenvalue weighted by Gasteiger charge is 2.27. The second-order valence-electron chi connectivity index (χ2n) is 5.49. The number of carbonyl (C=O) groups excluding carboxylic acids is 1. The first kappa shape index (κ1) is 16.3. The molecule has 0 radical (unpaired) electrons. The molecule has 0 saturated carbocycles. The fraction of sp³-hybridized carbons (Fsp3) is 0.176. The molecular weight excluding hydrogens is 370 g/mol. The third-order valence-corrected chi connectivity index (χ3v) is 4.08. The molecule has 0 aliphatic heterocycles. The highest BCUT2D eigenvalue weighted by atomic mass is 79.9. The number of hydrogen-bond acceptors (Lipinski definition) is 4. The molecule has 0 fully saturated rings. The molecule has 3 aromatic rings. The molecule has 6 nitrogen and oxygen atoms in total. The summed E-state index contributed by atoms with van der Waals surface area (Å²) in [7, 11) is 3.43. The van der Waals surface area contributed by atoms with Gasteiger partial charge in [0.25, 0.3) is 5.91 Å². The molecule has 2 aromatic carbocycles. The molecular formula is C17H16BrN5O. The van der Waals surface area contributed by atoms with E-state index in [2.05, 4.69) is 31.3 Å². The zero-order valence-electron chi connectivity index (χ0n) is 13.3. The van der Waals surface area contributed by atoms with Gasteiger partial charge in [0.2, 0.25) is 5.82 Å². The summed E-state index contributed by atoms with van der Waals surface area (Å²) in [5, 5.41) is 12.6. The van der Waals surface area contributed by atoms with E-state index in [-0.39, 0.29) is 5.91 Å². The molecule has 3 rings (SSSR count). The van der Waals surface area contributed by atoms with Crippen LogP contribution in [0.1, 0.15) is 11.6 Å². The molecule has 7 heteroatoms. The summed E-state index contributed by atoms with van der Waals surface area (Å²) in [6.07, 6.45) is 0. The molecule has 1 aromatic heterocycles. The van der Waals surface area contributed by atoms with Crippen molar-refractivity contribution < 1.29 is 4.79 Å². The first-order valence-corrected chi connectivity index (χ1v) is 8.17. The average molecular weight is 386 g/mol. The molecule has 0 bridgehead atoms. The first-order chi connectivity index (χ1) is 11.6. The second-order valence-corrected chi connectivity index (χ2v) is 6.40. The van der Waals surface area contributed by atoms with Gasteiger partial charge in [-0.1, -0.05) is 46.3 Å². The van der Waals surface area contributed by atoms with Gasteiger partial charge < -0.3 is 4.90 Å². The maximum Gasteiger partial charge on any atom is 0.253 e. The maximum atomic E-state index is 12.6. The third-order valence-electron chi connectivity index (χ3n) is 3.55. The SMILES string of the molecule is CN(C)C(=O)[C@@H](c1ccccc1)n1nnc(-c2ccc(Br)cc2)n1. The summed E-state index contributed by atoms with van der Waals surface area (Å²) >= 11 is 3.40. The molecule has 0 unspecified atom stereocenters. The summed E-state index contributed by atoms with van der Waals surface area (Å²) in [6, 6.07) is 16.4. The average Bonchev–Trinajstić information content (AvgIpc) is 3.06. The standard InChI is InChI=1S/C17H16BrN5O/c1-22(2)17(24)15(12-6-4-3-5-7-12)23-20-16(19-21-23)13-8-10-14(18)11-9-13/h3-11,15H,1-2H3/t15-/m1/s1. The molecule has 1 atom stereocenters. The highest BCUT2D eigenvalue weighted by Crippen LogP contribution is 2.21. The molecule has 1 amide bonds. The van der Waals surface area contributed by atoms with Crippen LogP contribution in [0.4, 0.5) is 0 Å². The minimum Gasteiger partial charge on any atom is -0.347 e. The van der Waals surface area contributed by atoms with E-state index in [1.54, 1.807) is 14.1 Å². The van der Waals surface area contributed by atoms with Crippen molar-refractivity contribution in [2.75, 3.05) is 14.1 Å². The van der Waals surface area contributed by atoms with Crippen molar-refractivity contribution in [3.63, 3.8) is 0 Å². The van der Waals surface area contributed by atoms with Gasteiger partial charge in [-0.15, -0.1) is 15.0 Å². The lowest BCUT2D eigenvalue weighted by Crippen LogP contribution is -2.33. The zero-order valence-corrected chi connectivity index (χ0v) is 14.9. The van der Waals surface area contributed by atoms with Gasteiger partial charge in [-0.05, 0) is 35.0 Å². The lowest BCUT2D eigenvalue weighted by atomic mass is 10.1. The van der Waals surface area contributed by atoms with Crippen LogP contribution in [0.2, 0.25) is 0 Å². The Morgan fingerprint density at radius 2 is 1.75 bits per heavy atom. The van der Waals surface area contributed by atoms with Crippen molar-refractivity contribution in [2.45, 2.75) is 6.04 Å². The van der Waals surface area contributed by atoms with Crippen molar-refractivity contribution in [3.05, 3.63) is 64.6 Å². The molecule has 1 heterocycles.